The molecule has 0 aromatic carbocycles. The molecule has 1 saturated heterocycles. The minimum absolute atomic E-state index is 0.193. The molecule has 0 spiro atoms. The number of aromatic nitrogens is 2. The molecule has 1 fully saturated rings. The molecular weight excluding hydrogens is 330 g/mol. The number of halogens is 1. The lowest BCUT2D eigenvalue weighted by Gasteiger charge is -2.20. The highest BCUT2D eigenvalue weighted by atomic mass is 79.9. The maximum absolute atomic E-state index is 9.29. The summed E-state index contributed by atoms with van der Waals surface area (Å²) in [5.74, 6) is 1.24. The standard InChI is InChI=1S/C12H14BrN3O2S/c13-10-4-3-9(19-10)12-14-11(18-15-12)6-16-5-1-2-8(16)7-17/h3-4,8,17H,1-2,5-7H2/t8-/m1/s1. The van der Waals surface area contributed by atoms with Crippen molar-refractivity contribution >= 4 is 27.3 Å². The highest BCUT2D eigenvalue weighted by molar-refractivity contribution is 9.11. The normalized spacial score (nSPS) is 20.2. The van der Waals surface area contributed by atoms with E-state index < -0.39 is 0 Å². The van der Waals surface area contributed by atoms with Gasteiger partial charge < -0.3 is 9.63 Å². The van der Waals surface area contributed by atoms with Crippen LogP contribution in [0.4, 0.5) is 0 Å². The van der Waals surface area contributed by atoms with Crippen molar-refractivity contribution in [3.05, 3.63) is 21.8 Å². The number of thiophene rings is 1. The van der Waals surface area contributed by atoms with Crippen molar-refractivity contribution < 1.29 is 9.63 Å². The van der Waals surface area contributed by atoms with E-state index in [0.29, 0.717) is 18.3 Å². The summed E-state index contributed by atoms with van der Waals surface area (Å²) in [6.45, 7) is 1.79. The minimum Gasteiger partial charge on any atom is -0.395 e. The topological polar surface area (TPSA) is 62.4 Å². The Bertz CT molecular complexity index is 557. The Morgan fingerprint density at radius 3 is 3.16 bits per heavy atom. The quantitative estimate of drug-likeness (QED) is 0.924. The Morgan fingerprint density at radius 2 is 2.42 bits per heavy atom. The summed E-state index contributed by atoms with van der Waals surface area (Å²) in [7, 11) is 0. The average molecular weight is 344 g/mol. The Kier molecular flexibility index (Phi) is 3.97. The summed E-state index contributed by atoms with van der Waals surface area (Å²) in [6.07, 6.45) is 2.15. The van der Waals surface area contributed by atoms with Gasteiger partial charge in [0, 0.05) is 6.04 Å². The zero-order valence-corrected chi connectivity index (χ0v) is 12.7. The lowest BCUT2D eigenvalue weighted by atomic mass is 10.2. The first-order valence-corrected chi connectivity index (χ1v) is 7.80. The number of hydrogen-bond donors (Lipinski definition) is 1. The number of rotatable bonds is 4. The van der Waals surface area contributed by atoms with E-state index in [4.69, 9.17) is 4.52 Å². The average Bonchev–Trinajstić information content (AvgIpc) is 3.10. The Labute approximate surface area is 123 Å². The van der Waals surface area contributed by atoms with Gasteiger partial charge in [0.2, 0.25) is 11.7 Å². The second-order valence-electron chi connectivity index (χ2n) is 4.56. The third-order valence-corrected chi connectivity index (χ3v) is 4.93. The van der Waals surface area contributed by atoms with Gasteiger partial charge in [0.1, 0.15) is 0 Å². The SMILES string of the molecule is OC[C@H]1CCCN1Cc1nc(-c2ccc(Br)s2)no1. The fraction of sp³-hybridized carbons (Fsp3) is 0.500. The molecule has 1 N–H and O–H groups in total. The summed E-state index contributed by atoms with van der Waals surface area (Å²) in [4.78, 5) is 7.60. The van der Waals surface area contributed by atoms with Gasteiger partial charge in [-0.1, -0.05) is 5.16 Å². The fourth-order valence-corrected chi connectivity index (χ4v) is 3.65. The smallest absolute Gasteiger partial charge is 0.241 e. The van der Waals surface area contributed by atoms with Crippen molar-refractivity contribution in [3.63, 3.8) is 0 Å². The van der Waals surface area contributed by atoms with Gasteiger partial charge in [-0.05, 0) is 47.4 Å². The number of aliphatic hydroxyl groups excluding tert-OH is 1. The second-order valence-corrected chi connectivity index (χ2v) is 7.03. The number of likely N-dealkylation sites (tertiary alicyclic amines) is 1. The van der Waals surface area contributed by atoms with E-state index in [0.717, 1.165) is 28.0 Å². The molecule has 1 atom stereocenters. The molecule has 0 aliphatic carbocycles. The lowest BCUT2D eigenvalue weighted by Crippen LogP contribution is -2.31. The van der Waals surface area contributed by atoms with Gasteiger partial charge in [-0.15, -0.1) is 11.3 Å². The van der Waals surface area contributed by atoms with Crippen LogP contribution >= 0.6 is 27.3 Å². The molecule has 2 aromatic rings. The van der Waals surface area contributed by atoms with E-state index >= 15 is 0 Å². The van der Waals surface area contributed by atoms with Crippen molar-refractivity contribution in [1.82, 2.24) is 15.0 Å². The summed E-state index contributed by atoms with van der Waals surface area (Å²) in [6, 6.07) is 4.17. The van der Waals surface area contributed by atoms with Gasteiger partial charge in [-0.3, -0.25) is 4.90 Å². The van der Waals surface area contributed by atoms with Gasteiger partial charge in [0.15, 0.2) is 0 Å². The molecule has 102 valence electrons. The van der Waals surface area contributed by atoms with Crippen LogP contribution in [0.25, 0.3) is 10.7 Å². The molecule has 0 saturated carbocycles. The van der Waals surface area contributed by atoms with Crippen LogP contribution in [0.5, 0.6) is 0 Å². The zero-order valence-electron chi connectivity index (χ0n) is 10.3. The molecule has 0 unspecified atom stereocenters. The van der Waals surface area contributed by atoms with Crippen LogP contribution in [0.1, 0.15) is 18.7 Å². The molecule has 0 bridgehead atoms. The van der Waals surface area contributed by atoms with Crippen molar-refractivity contribution in [3.8, 4) is 10.7 Å². The van der Waals surface area contributed by atoms with Crippen LogP contribution in [-0.4, -0.2) is 39.3 Å². The van der Waals surface area contributed by atoms with Crippen molar-refractivity contribution in [2.24, 2.45) is 0 Å². The van der Waals surface area contributed by atoms with Gasteiger partial charge >= 0.3 is 0 Å². The predicted molar refractivity (Wildman–Crippen MR) is 75.8 cm³/mol. The van der Waals surface area contributed by atoms with Crippen molar-refractivity contribution in [2.45, 2.75) is 25.4 Å². The third kappa shape index (κ3) is 2.89. The first-order valence-electron chi connectivity index (χ1n) is 6.19. The molecule has 3 heterocycles. The van der Waals surface area contributed by atoms with E-state index in [1.54, 1.807) is 11.3 Å². The van der Waals surface area contributed by atoms with E-state index in [-0.39, 0.29) is 12.6 Å². The number of hydrogen-bond acceptors (Lipinski definition) is 6. The highest BCUT2D eigenvalue weighted by Crippen LogP contribution is 2.29. The van der Waals surface area contributed by atoms with E-state index in [1.807, 2.05) is 12.1 Å². The van der Waals surface area contributed by atoms with Crippen LogP contribution in [0, 0.1) is 0 Å². The minimum atomic E-state index is 0.193. The Hall–Kier alpha value is -0.760. The largest absolute Gasteiger partial charge is 0.395 e. The number of nitrogens with zero attached hydrogens (tertiary/aromatic N) is 3. The Morgan fingerprint density at radius 1 is 1.53 bits per heavy atom. The molecular formula is C12H14BrN3O2S. The summed E-state index contributed by atoms with van der Waals surface area (Å²) >= 11 is 5.00. The molecule has 2 aromatic heterocycles. The molecule has 7 heteroatoms. The third-order valence-electron chi connectivity index (χ3n) is 3.31. The molecule has 19 heavy (non-hydrogen) atoms. The molecule has 1 aliphatic heterocycles. The van der Waals surface area contributed by atoms with Gasteiger partial charge in [-0.2, -0.15) is 4.98 Å². The molecule has 0 radical (unpaired) electrons. The number of aliphatic hydroxyl groups is 1. The monoisotopic (exact) mass is 343 g/mol. The maximum atomic E-state index is 9.29. The Balaban J connectivity index is 1.71. The van der Waals surface area contributed by atoms with Crippen molar-refractivity contribution in [1.29, 1.82) is 0 Å². The predicted octanol–water partition coefficient (Wildman–Crippen LogP) is 2.52. The maximum Gasteiger partial charge on any atom is 0.241 e. The fourth-order valence-electron chi connectivity index (χ4n) is 2.34. The first kappa shape index (κ1) is 13.2. The van der Waals surface area contributed by atoms with Crippen molar-refractivity contribution in [2.75, 3.05) is 13.2 Å². The van der Waals surface area contributed by atoms with Crippen LogP contribution < -0.4 is 0 Å². The lowest BCUT2D eigenvalue weighted by molar-refractivity contribution is 0.141. The van der Waals surface area contributed by atoms with Crippen LogP contribution in [0.3, 0.4) is 0 Å². The first-order chi connectivity index (χ1) is 9.26. The van der Waals surface area contributed by atoms with Crippen LogP contribution in [0.2, 0.25) is 0 Å². The molecule has 1 aliphatic rings. The zero-order chi connectivity index (χ0) is 13.2. The van der Waals surface area contributed by atoms with E-state index in [1.165, 1.54) is 0 Å². The molecule has 0 amide bonds. The van der Waals surface area contributed by atoms with Gasteiger partial charge in [0.25, 0.3) is 0 Å². The van der Waals surface area contributed by atoms with Gasteiger partial charge in [-0.25, -0.2) is 0 Å². The molecule has 5 nitrogen and oxygen atoms in total. The summed E-state index contributed by atoms with van der Waals surface area (Å²) in [5, 5.41) is 13.3. The highest BCUT2D eigenvalue weighted by Gasteiger charge is 2.25. The summed E-state index contributed by atoms with van der Waals surface area (Å²) < 4.78 is 6.34. The van der Waals surface area contributed by atoms with E-state index in [2.05, 4.69) is 31.0 Å². The van der Waals surface area contributed by atoms with Crippen LogP contribution in [0.15, 0.2) is 20.4 Å². The second kappa shape index (κ2) is 5.70. The summed E-state index contributed by atoms with van der Waals surface area (Å²) in [5.41, 5.74) is 0. The van der Waals surface area contributed by atoms with Crippen LogP contribution in [-0.2, 0) is 6.54 Å². The van der Waals surface area contributed by atoms with Gasteiger partial charge in [0.05, 0.1) is 21.8 Å². The molecule has 3 rings (SSSR count). The van der Waals surface area contributed by atoms with E-state index in [9.17, 15) is 5.11 Å².